The average Bonchev–Trinajstić information content (AvgIpc) is 3.23. The number of nitrogens with one attached hydrogen (secondary N) is 1. The van der Waals surface area contributed by atoms with Gasteiger partial charge in [-0.1, -0.05) is 12.1 Å². The van der Waals surface area contributed by atoms with Crippen molar-refractivity contribution in [2.45, 2.75) is 43.8 Å². The predicted octanol–water partition coefficient (Wildman–Crippen LogP) is 1.59. The number of halogens is 1. The van der Waals surface area contributed by atoms with E-state index < -0.39 is 33.7 Å². The van der Waals surface area contributed by atoms with Gasteiger partial charge in [0.05, 0.1) is 10.6 Å². The number of carbonyl (C=O) groups excluding carboxylic acids is 2. The molecule has 0 radical (unpaired) electrons. The molecule has 0 bridgehead atoms. The number of carbonyl (C=O) groups is 2. The molecule has 0 spiro atoms. The molecular weight excluding hydrogens is 449 g/mol. The molecule has 1 atom stereocenters. The Morgan fingerprint density at radius 3 is 2.33 bits per heavy atom. The van der Waals surface area contributed by atoms with E-state index in [-0.39, 0.29) is 29.6 Å². The fourth-order valence-electron chi connectivity index (χ4n) is 3.21. The van der Waals surface area contributed by atoms with E-state index in [1.54, 1.807) is 26.0 Å². The summed E-state index contributed by atoms with van der Waals surface area (Å²) in [5, 5.41) is 8.23. The maximum atomic E-state index is 13.2. The van der Waals surface area contributed by atoms with Crippen LogP contribution in [0, 0.1) is 5.82 Å². The van der Waals surface area contributed by atoms with Crippen molar-refractivity contribution in [3.63, 3.8) is 0 Å². The number of anilines is 1. The molecule has 3 rings (SSSR count). The molecular formula is C22H26FN5O4S. The van der Waals surface area contributed by atoms with E-state index in [0.29, 0.717) is 11.3 Å². The number of amides is 2. The molecule has 2 aromatic carbocycles. The monoisotopic (exact) mass is 475 g/mol. The van der Waals surface area contributed by atoms with E-state index in [9.17, 15) is 22.4 Å². The standard InChI is InChI=1S/C22H26FN5O4S/c1-14(2)27(3)33(31,32)18-10-4-15(5-11-18)13-25-22(30)19-12-20(21(24)29)28(26-19)17-8-6-16(23)7-9-17/h4-11,14,20H,12-13H2,1-3H3,(H2,24,29)(H,25,30). The number of hydrazone groups is 1. The second kappa shape index (κ2) is 9.67. The van der Waals surface area contributed by atoms with Crippen LogP contribution in [0.3, 0.4) is 0 Å². The van der Waals surface area contributed by atoms with Gasteiger partial charge in [0.2, 0.25) is 15.9 Å². The van der Waals surface area contributed by atoms with Crippen LogP contribution in [-0.2, 0) is 26.2 Å². The smallest absolute Gasteiger partial charge is 0.267 e. The van der Waals surface area contributed by atoms with Crippen LogP contribution in [0.2, 0.25) is 0 Å². The van der Waals surface area contributed by atoms with Crippen LogP contribution in [0.5, 0.6) is 0 Å². The SMILES string of the molecule is CC(C)N(C)S(=O)(=O)c1ccc(CNC(=O)C2=NN(c3ccc(F)cc3)C(C(N)=O)C2)cc1. The summed E-state index contributed by atoms with van der Waals surface area (Å²) in [6.07, 6.45) is 0.0112. The van der Waals surface area contributed by atoms with Crippen LogP contribution in [0.25, 0.3) is 0 Å². The van der Waals surface area contributed by atoms with Gasteiger partial charge in [0, 0.05) is 26.1 Å². The summed E-state index contributed by atoms with van der Waals surface area (Å²) in [6.45, 7) is 3.70. The molecule has 2 aromatic rings. The maximum absolute atomic E-state index is 13.2. The fourth-order valence-corrected chi connectivity index (χ4v) is 4.58. The minimum Gasteiger partial charge on any atom is -0.368 e. The Kier molecular flexibility index (Phi) is 7.13. The highest BCUT2D eigenvalue weighted by Crippen LogP contribution is 2.25. The summed E-state index contributed by atoms with van der Waals surface area (Å²) in [5.41, 5.74) is 6.70. The first-order valence-corrected chi connectivity index (χ1v) is 11.7. The Bertz CT molecular complexity index is 1160. The van der Waals surface area contributed by atoms with Gasteiger partial charge in [-0.3, -0.25) is 14.6 Å². The van der Waals surface area contributed by atoms with Crippen LogP contribution in [0.15, 0.2) is 58.5 Å². The van der Waals surface area contributed by atoms with Gasteiger partial charge in [0.1, 0.15) is 17.6 Å². The summed E-state index contributed by atoms with van der Waals surface area (Å²) in [6, 6.07) is 10.5. The molecule has 3 N–H and O–H groups in total. The lowest BCUT2D eigenvalue weighted by molar-refractivity contribution is -0.119. The summed E-state index contributed by atoms with van der Waals surface area (Å²) < 4.78 is 39.6. The summed E-state index contributed by atoms with van der Waals surface area (Å²) in [7, 11) is -2.08. The first kappa shape index (κ1) is 24.3. The third kappa shape index (κ3) is 5.37. The van der Waals surface area contributed by atoms with Gasteiger partial charge in [-0.05, 0) is 55.8 Å². The van der Waals surface area contributed by atoms with E-state index in [2.05, 4.69) is 10.4 Å². The van der Waals surface area contributed by atoms with Crippen LogP contribution in [0.1, 0.15) is 25.8 Å². The zero-order valence-corrected chi connectivity index (χ0v) is 19.3. The quantitative estimate of drug-likeness (QED) is 0.600. The first-order chi connectivity index (χ1) is 15.5. The number of nitrogens with zero attached hydrogens (tertiary/aromatic N) is 3. The molecule has 0 saturated carbocycles. The van der Waals surface area contributed by atoms with Crippen LogP contribution in [-0.4, -0.2) is 49.4 Å². The molecule has 0 aliphatic carbocycles. The lowest BCUT2D eigenvalue weighted by atomic mass is 10.1. The molecule has 0 saturated heterocycles. The van der Waals surface area contributed by atoms with Gasteiger partial charge in [-0.2, -0.15) is 9.41 Å². The number of benzene rings is 2. The normalized spacial score (nSPS) is 16.2. The number of nitrogens with two attached hydrogens (primary N) is 1. The predicted molar refractivity (Wildman–Crippen MR) is 122 cm³/mol. The minimum atomic E-state index is -3.59. The molecule has 1 aliphatic heterocycles. The molecule has 1 heterocycles. The van der Waals surface area contributed by atoms with E-state index in [4.69, 9.17) is 5.73 Å². The molecule has 11 heteroatoms. The number of hydrogen-bond donors (Lipinski definition) is 2. The van der Waals surface area contributed by atoms with Crippen molar-refractivity contribution in [3.8, 4) is 0 Å². The fraction of sp³-hybridized carbons (Fsp3) is 0.318. The zero-order valence-electron chi connectivity index (χ0n) is 18.5. The van der Waals surface area contributed by atoms with E-state index in [0.717, 1.165) is 0 Å². The average molecular weight is 476 g/mol. The van der Waals surface area contributed by atoms with Crippen LogP contribution < -0.4 is 16.1 Å². The van der Waals surface area contributed by atoms with Gasteiger partial charge in [-0.15, -0.1) is 0 Å². The second-order valence-corrected chi connectivity index (χ2v) is 9.93. The highest BCUT2D eigenvalue weighted by atomic mass is 32.2. The molecule has 9 nitrogen and oxygen atoms in total. The van der Waals surface area contributed by atoms with E-state index in [1.165, 1.54) is 52.8 Å². The van der Waals surface area contributed by atoms with Crippen LogP contribution in [0.4, 0.5) is 10.1 Å². The Morgan fingerprint density at radius 1 is 1.18 bits per heavy atom. The largest absolute Gasteiger partial charge is 0.368 e. The number of primary amides is 1. The van der Waals surface area contributed by atoms with Gasteiger partial charge in [-0.25, -0.2) is 12.8 Å². The van der Waals surface area contributed by atoms with Crippen molar-refractivity contribution in [2.75, 3.05) is 12.1 Å². The Labute approximate surface area is 192 Å². The summed E-state index contributed by atoms with van der Waals surface area (Å²) in [5.74, 6) is -1.58. The van der Waals surface area contributed by atoms with Crippen molar-refractivity contribution in [1.82, 2.24) is 9.62 Å². The van der Waals surface area contributed by atoms with E-state index >= 15 is 0 Å². The first-order valence-electron chi connectivity index (χ1n) is 10.3. The van der Waals surface area contributed by atoms with Gasteiger partial charge < -0.3 is 11.1 Å². The molecule has 176 valence electrons. The number of hydrogen-bond acceptors (Lipinski definition) is 6. The molecule has 0 aromatic heterocycles. The second-order valence-electron chi connectivity index (χ2n) is 7.93. The highest BCUT2D eigenvalue weighted by molar-refractivity contribution is 7.89. The maximum Gasteiger partial charge on any atom is 0.267 e. The Balaban J connectivity index is 1.68. The summed E-state index contributed by atoms with van der Waals surface area (Å²) in [4.78, 5) is 24.6. The highest BCUT2D eigenvalue weighted by Gasteiger charge is 2.35. The lowest BCUT2D eigenvalue weighted by Crippen LogP contribution is -2.39. The van der Waals surface area contributed by atoms with Gasteiger partial charge in [0.25, 0.3) is 5.91 Å². The van der Waals surface area contributed by atoms with Crippen molar-refractivity contribution >= 4 is 33.2 Å². The summed E-state index contributed by atoms with van der Waals surface area (Å²) >= 11 is 0. The van der Waals surface area contributed by atoms with Gasteiger partial charge in [0.15, 0.2) is 0 Å². The van der Waals surface area contributed by atoms with E-state index in [1.807, 2.05) is 0 Å². The zero-order chi connectivity index (χ0) is 24.3. The molecule has 0 fully saturated rings. The van der Waals surface area contributed by atoms with Gasteiger partial charge >= 0.3 is 0 Å². The van der Waals surface area contributed by atoms with Crippen molar-refractivity contribution in [1.29, 1.82) is 0 Å². The third-order valence-electron chi connectivity index (χ3n) is 5.37. The Hall–Kier alpha value is -3.31. The molecule has 1 unspecified atom stereocenters. The van der Waals surface area contributed by atoms with Crippen molar-refractivity contribution in [2.24, 2.45) is 10.8 Å². The van der Waals surface area contributed by atoms with Crippen LogP contribution >= 0.6 is 0 Å². The third-order valence-corrected chi connectivity index (χ3v) is 7.42. The number of rotatable bonds is 8. The van der Waals surface area contributed by atoms with Crippen molar-refractivity contribution in [3.05, 3.63) is 59.9 Å². The number of sulfonamides is 1. The molecule has 33 heavy (non-hydrogen) atoms. The molecule has 1 aliphatic rings. The Morgan fingerprint density at radius 2 is 1.79 bits per heavy atom. The van der Waals surface area contributed by atoms with Crippen molar-refractivity contribution < 1.29 is 22.4 Å². The minimum absolute atomic E-state index is 0.0112. The lowest BCUT2D eigenvalue weighted by Gasteiger charge is -2.21. The topological polar surface area (TPSA) is 125 Å². The molecule has 2 amide bonds.